The Morgan fingerprint density at radius 1 is 1.42 bits per heavy atom. The van der Waals surface area contributed by atoms with Gasteiger partial charge >= 0.3 is 0 Å². The van der Waals surface area contributed by atoms with Crippen LogP contribution in [0.3, 0.4) is 0 Å². The molecule has 2 heterocycles. The van der Waals surface area contributed by atoms with Crippen molar-refractivity contribution in [2.24, 2.45) is 5.73 Å². The minimum absolute atomic E-state index is 0.156. The zero-order chi connectivity index (χ0) is 16.9. The summed E-state index contributed by atoms with van der Waals surface area (Å²) in [6.07, 6.45) is 3.50. The number of benzene rings is 1. The molecule has 2 aromatic rings. The van der Waals surface area contributed by atoms with Gasteiger partial charge in [-0.15, -0.1) is 11.3 Å². The van der Waals surface area contributed by atoms with Crippen molar-refractivity contribution in [3.05, 3.63) is 52.0 Å². The van der Waals surface area contributed by atoms with E-state index in [1.54, 1.807) is 11.3 Å². The van der Waals surface area contributed by atoms with Crippen LogP contribution in [-0.2, 0) is 11.2 Å². The lowest BCUT2D eigenvalue weighted by molar-refractivity contribution is -0.132. The van der Waals surface area contributed by atoms with Gasteiger partial charge in [-0.25, -0.2) is 4.98 Å². The Labute approximate surface area is 147 Å². The Bertz CT molecular complexity index is 670. The molecule has 5 heteroatoms. The third kappa shape index (κ3) is 4.02. The second-order valence-electron chi connectivity index (χ2n) is 6.43. The summed E-state index contributed by atoms with van der Waals surface area (Å²) in [5.74, 6) is 0.532. The van der Waals surface area contributed by atoms with Crippen LogP contribution in [0.25, 0.3) is 0 Å². The molecule has 2 unspecified atom stereocenters. The Balaban J connectivity index is 1.60. The molecule has 0 radical (unpaired) electrons. The van der Waals surface area contributed by atoms with E-state index in [1.807, 2.05) is 35.2 Å². The highest BCUT2D eigenvalue weighted by molar-refractivity contribution is 7.09. The lowest BCUT2D eigenvalue weighted by Gasteiger charge is -2.32. The van der Waals surface area contributed by atoms with Gasteiger partial charge in [-0.2, -0.15) is 0 Å². The molecule has 128 valence electrons. The fourth-order valence-corrected chi connectivity index (χ4v) is 4.24. The van der Waals surface area contributed by atoms with Gasteiger partial charge in [0.05, 0.1) is 10.7 Å². The maximum atomic E-state index is 12.6. The number of carbonyl (C=O) groups excluding carboxylic acids is 1. The number of aryl methyl sites for hydroxylation is 1. The van der Waals surface area contributed by atoms with E-state index in [9.17, 15) is 4.79 Å². The first kappa shape index (κ1) is 17.1. The molecular formula is C19H25N3OS. The van der Waals surface area contributed by atoms with Crippen molar-refractivity contribution < 1.29 is 4.79 Å². The van der Waals surface area contributed by atoms with Gasteiger partial charge in [0.2, 0.25) is 5.91 Å². The Hall–Kier alpha value is -1.72. The van der Waals surface area contributed by atoms with Crippen LogP contribution in [0.4, 0.5) is 0 Å². The molecule has 2 atom stereocenters. The number of carbonyl (C=O) groups is 1. The number of hydrogen-bond acceptors (Lipinski definition) is 4. The number of amides is 1. The molecule has 1 aliphatic rings. The summed E-state index contributed by atoms with van der Waals surface area (Å²) in [5, 5.41) is 3.32. The van der Waals surface area contributed by atoms with Gasteiger partial charge < -0.3 is 10.6 Å². The largest absolute Gasteiger partial charge is 0.342 e. The molecule has 0 aliphatic carbocycles. The van der Waals surface area contributed by atoms with Crippen LogP contribution in [-0.4, -0.2) is 28.9 Å². The number of nitrogens with zero attached hydrogens (tertiary/aromatic N) is 2. The molecular weight excluding hydrogens is 318 g/mol. The molecule has 1 aliphatic heterocycles. The van der Waals surface area contributed by atoms with Gasteiger partial charge in [0, 0.05) is 36.9 Å². The van der Waals surface area contributed by atoms with Crippen molar-refractivity contribution in [2.75, 3.05) is 13.1 Å². The fourth-order valence-electron chi connectivity index (χ4n) is 3.21. The molecule has 1 fully saturated rings. The van der Waals surface area contributed by atoms with Gasteiger partial charge in [-0.3, -0.25) is 4.79 Å². The maximum Gasteiger partial charge on any atom is 0.224 e. The summed E-state index contributed by atoms with van der Waals surface area (Å²) in [7, 11) is 0. The van der Waals surface area contributed by atoms with Crippen LogP contribution in [0.1, 0.15) is 54.4 Å². The monoisotopic (exact) mass is 343 g/mol. The van der Waals surface area contributed by atoms with Crippen molar-refractivity contribution in [3.8, 4) is 0 Å². The van der Waals surface area contributed by atoms with Gasteiger partial charge in [-0.1, -0.05) is 37.3 Å². The SMILES string of the molecule is CCc1csc(C2CCCN(C(=O)CC(N)c3ccccc3)C2)n1. The van der Waals surface area contributed by atoms with Crippen molar-refractivity contribution in [1.82, 2.24) is 9.88 Å². The first-order valence-electron chi connectivity index (χ1n) is 8.70. The van der Waals surface area contributed by atoms with E-state index in [4.69, 9.17) is 10.7 Å². The first-order chi connectivity index (χ1) is 11.7. The van der Waals surface area contributed by atoms with Gasteiger partial charge in [0.1, 0.15) is 0 Å². The molecule has 1 saturated heterocycles. The van der Waals surface area contributed by atoms with E-state index in [2.05, 4.69) is 12.3 Å². The van der Waals surface area contributed by atoms with Crippen LogP contribution < -0.4 is 5.73 Å². The normalized spacial score (nSPS) is 19.2. The minimum atomic E-state index is -0.231. The predicted molar refractivity (Wildman–Crippen MR) is 98.0 cm³/mol. The molecule has 1 aromatic heterocycles. The van der Waals surface area contributed by atoms with E-state index in [0.717, 1.165) is 43.6 Å². The Morgan fingerprint density at radius 2 is 2.21 bits per heavy atom. The lowest BCUT2D eigenvalue weighted by atomic mass is 9.97. The van der Waals surface area contributed by atoms with Crippen LogP contribution in [0.5, 0.6) is 0 Å². The molecule has 0 saturated carbocycles. The predicted octanol–water partition coefficient (Wildman–Crippen LogP) is 3.50. The number of thiazole rings is 1. The number of aromatic nitrogens is 1. The van der Waals surface area contributed by atoms with E-state index >= 15 is 0 Å². The zero-order valence-electron chi connectivity index (χ0n) is 14.1. The molecule has 24 heavy (non-hydrogen) atoms. The third-order valence-electron chi connectivity index (χ3n) is 4.68. The summed E-state index contributed by atoms with van der Waals surface area (Å²) < 4.78 is 0. The summed E-state index contributed by atoms with van der Waals surface area (Å²) >= 11 is 1.73. The molecule has 2 N–H and O–H groups in total. The van der Waals surface area contributed by atoms with Crippen LogP contribution >= 0.6 is 11.3 Å². The van der Waals surface area contributed by atoms with E-state index in [0.29, 0.717) is 12.3 Å². The minimum Gasteiger partial charge on any atom is -0.342 e. The molecule has 3 rings (SSSR count). The van der Waals surface area contributed by atoms with Crippen LogP contribution in [0.15, 0.2) is 35.7 Å². The number of likely N-dealkylation sites (tertiary alicyclic amines) is 1. The topological polar surface area (TPSA) is 59.2 Å². The molecule has 1 aromatic carbocycles. The Morgan fingerprint density at radius 3 is 2.92 bits per heavy atom. The van der Waals surface area contributed by atoms with Crippen LogP contribution in [0.2, 0.25) is 0 Å². The van der Waals surface area contributed by atoms with E-state index < -0.39 is 0 Å². The third-order valence-corrected chi connectivity index (χ3v) is 5.73. The standard InChI is InChI=1S/C19H25N3OS/c1-2-16-13-24-19(21-16)15-9-6-10-22(12-15)18(23)11-17(20)14-7-4-3-5-8-14/h3-5,7-8,13,15,17H,2,6,9-12,20H2,1H3. The second kappa shape index (κ2) is 7.90. The van der Waals surface area contributed by atoms with Gasteiger partial charge in [0.15, 0.2) is 0 Å². The van der Waals surface area contributed by atoms with Crippen molar-refractivity contribution in [3.63, 3.8) is 0 Å². The second-order valence-corrected chi connectivity index (χ2v) is 7.32. The highest BCUT2D eigenvalue weighted by Gasteiger charge is 2.27. The smallest absolute Gasteiger partial charge is 0.224 e. The summed E-state index contributed by atoms with van der Waals surface area (Å²) in [4.78, 5) is 19.3. The summed E-state index contributed by atoms with van der Waals surface area (Å²) in [5.41, 5.74) is 8.39. The molecule has 0 bridgehead atoms. The van der Waals surface area contributed by atoms with E-state index in [1.165, 1.54) is 5.01 Å². The highest BCUT2D eigenvalue weighted by atomic mass is 32.1. The number of rotatable bonds is 5. The van der Waals surface area contributed by atoms with Crippen LogP contribution in [0, 0.1) is 0 Å². The summed E-state index contributed by atoms with van der Waals surface area (Å²) in [6.45, 7) is 3.74. The number of piperidine rings is 1. The lowest BCUT2D eigenvalue weighted by Crippen LogP contribution is -2.40. The van der Waals surface area contributed by atoms with Gasteiger partial charge in [0.25, 0.3) is 0 Å². The van der Waals surface area contributed by atoms with Crippen molar-refractivity contribution in [2.45, 2.75) is 44.6 Å². The zero-order valence-corrected chi connectivity index (χ0v) is 15.0. The van der Waals surface area contributed by atoms with Gasteiger partial charge in [-0.05, 0) is 24.8 Å². The molecule has 0 spiro atoms. The fraction of sp³-hybridized carbons (Fsp3) is 0.474. The molecule has 1 amide bonds. The maximum absolute atomic E-state index is 12.6. The van der Waals surface area contributed by atoms with Crippen molar-refractivity contribution in [1.29, 1.82) is 0 Å². The average Bonchev–Trinajstić information content (AvgIpc) is 3.12. The molecule has 4 nitrogen and oxygen atoms in total. The average molecular weight is 343 g/mol. The first-order valence-corrected chi connectivity index (χ1v) is 9.58. The summed E-state index contributed by atoms with van der Waals surface area (Å²) in [6, 6.07) is 9.63. The quantitative estimate of drug-likeness (QED) is 0.904. The number of hydrogen-bond donors (Lipinski definition) is 1. The highest BCUT2D eigenvalue weighted by Crippen LogP contribution is 2.30. The van der Waals surface area contributed by atoms with E-state index in [-0.39, 0.29) is 11.9 Å². The number of nitrogens with two attached hydrogens (primary N) is 1. The Kier molecular flexibility index (Phi) is 5.63. The van der Waals surface area contributed by atoms with Crippen molar-refractivity contribution >= 4 is 17.2 Å².